The zero-order valence-electron chi connectivity index (χ0n) is 13.0. The highest BCUT2D eigenvalue weighted by Crippen LogP contribution is 2.21. The molecular formula is C16H16N4O3S. The lowest BCUT2D eigenvalue weighted by atomic mass is 10.1. The Morgan fingerprint density at radius 3 is 2.71 bits per heavy atom. The monoisotopic (exact) mass is 344 g/mol. The van der Waals surface area contributed by atoms with Crippen LogP contribution in [0.25, 0.3) is 0 Å². The minimum Gasteiger partial charge on any atom is -0.481 e. The van der Waals surface area contributed by atoms with Crippen LogP contribution >= 0.6 is 11.3 Å². The van der Waals surface area contributed by atoms with E-state index in [1.54, 1.807) is 18.3 Å². The molecule has 24 heavy (non-hydrogen) atoms. The van der Waals surface area contributed by atoms with Gasteiger partial charge < -0.3 is 10.0 Å². The molecule has 1 aromatic carbocycles. The first-order valence-corrected chi connectivity index (χ1v) is 7.97. The number of aromatic nitrogens is 1. The van der Waals surface area contributed by atoms with Crippen LogP contribution in [0.1, 0.15) is 22.4 Å². The largest absolute Gasteiger partial charge is 0.481 e. The smallest absolute Gasteiger partial charge is 0.323 e. The molecule has 0 bridgehead atoms. The van der Waals surface area contributed by atoms with Crippen molar-refractivity contribution in [3.8, 4) is 6.07 Å². The number of carboxylic acid groups (broad SMARTS) is 1. The Morgan fingerprint density at radius 1 is 1.38 bits per heavy atom. The van der Waals surface area contributed by atoms with Crippen LogP contribution in [0.15, 0.2) is 30.5 Å². The summed E-state index contributed by atoms with van der Waals surface area (Å²) in [5, 5.41) is 20.5. The van der Waals surface area contributed by atoms with Gasteiger partial charge >= 0.3 is 12.0 Å². The Kier molecular flexibility index (Phi) is 5.87. The molecule has 2 rings (SSSR count). The van der Waals surface area contributed by atoms with Crippen molar-refractivity contribution in [1.82, 2.24) is 9.88 Å². The lowest BCUT2D eigenvalue weighted by Gasteiger charge is -2.15. The van der Waals surface area contributed by atoms with Crippen molar-refractivity contribution in [3.63, 3.8) is 0 Å². The molecular weight excluding hydrogens is 328 g/mol. The maximum Gasteiger partial charge on any atom is 0.323 e. The van der Waals surface area contributed by atoms with Gasteiger partial charge in [-0.2, -0.15) is 5.26 Å². The number of aliphatic carboxylic acids is 1. The maximum atomic E-state index is 11.9. The minimum atomic E-state index is -0.950. The Hall–Kier alpha value is -2.92. The maximum absolute atomic E-state index is 11.9. The van der Waals surface area contributed by atoms with Crippen LogP contribution in [0, 0.1) is 11.3 Å². The van der Waals surface area contributed by atoms with Gasteiger partial charge in [0.05, 0.1) is 18.1 Å². The van der Waals surface area contributed by atoms with Crippen LogP contribution in [0.5, 0.6) is 0 Å². The second-order valence-electron chi connectivity index (χ2n) is 5.11. The average Bonchev–Trinajstić information content (AvgIpc) is 3.00. The second kappa shape index (κ2) is 8.08. The van der Waals surface area contributed by atoms with Crippen molar-refractivity contribution in [3.05, 3.63) is 46.5 Å². The highest BCUT2D eigenvalue weighted by Gasteiger charge is 2.12. The number of thiazole rings is 1. The fraction of sp³-hybridized carbons (Fsp3) is 0.250. The van der Waals surface area contributed by atoms with E-state index in [9.17, 15) is 9.59 Å². The lowest BCUT2D eigenvalue weighted by Crippen LogP contribution is -2.33. The third kappa shape index (κ3) is 5.07. The zero-order chi connectivity index (χ0) is 17.5. The first-order valence-electron chi connectivity index (χ1n) is 7.15. The number of nitrogens with zero attached hydrogens (tertiary/aromatic N) is 3. The molecule has 0 unspecified atom stereocenters. The van der Waals surface area contributed by atoms with Gasteiger partial charge in [0.15, 0.2) is 5.13 Å². The van der Waals surface area contributed by atoms with Gasteiger partial charge in [0.2, 0.25) is 0 Å². The molecule has 0 aliphatic carbocycles. The summed E-state index contributed by atoms with van der Waals surface area (Å²) in [7, 11) is 1.53. The molecule has 0 aliphatic rings. The Labute approximate surface area is 143 Å². The van der Waals surface area contributed by atoms with Crippen molar-refractivity contribution in [2.75, 3.05) is 18.9 Å². The molecule has 0 spiro atoms. The summed E-state index contributed by atoms with van der Waals surface area (Å²) >= 11 is 1.36. The van der Waals surface area contributed by atoms with Crippen molar-refractivity contribution < 1.29 is 14.7 Å². The van der Waals surface area contributed by atoms with E-state index >= 15 is 0 Å². The third-order valence-electron chi connectivity index (χ3n) is 3.24. The summed E-state index contributed by atoms with van der Waals surface area (Å²) in [6.07, 6.45) is 2.25. The summed E-state index contributed by atoms with van der Waals surface area (Å²) in [5.74, 6) is -0.950. The minimum absolute atomic E-state index is 0.105. The predicted molar refractivity (Wildman–Crippen MR) is 90.0 cm³/mol. The number of nitriles is 1. The topological polar surface area (TPSA) is 106 Å². The predicted octanol–water partition coefficient (Wildman–Crippen LogP) is 2.54. The second-order valence-corrected chi connectivity index (χ2v) is 6.23. The summed E-state index contributed by atoms with van der Waals surface area (Å²) < 4.78 is 0. The molecule has 2 N–H and O–H groups in total. The van der Waals surface area contributed by atoms with E-state index in [1.165, 1.54) is 23.3 Å². The van der Waals surface area contributed by atoms with Crippen molar-refractivity contribution in [2.24, 2.45) is 0 Å². The summed E-state index contributed by atoms with van der Waals surface area (Å²) in [5.41, 5.74) is 1.66. The molecule has 0 fully saturated rings. The molecule has 0 saturated heterocycles. The van der Waals surface area contributed by atoms with Gasteiger partial charge in [-0.15, -0.1) is 11.3 Å². The van der Waals surface area contributed by atoms with E-state index in [0.29, 0.717) is 17.1 Å². The Balaban J connectivity index is 1.91. The molecule has 8 heteroatoms. The molecule has 1 aromatic heterocycles. The van der Waals surface area contributed by atoms with Gasteiger partial charge in [0, 0.05) is 31.1 Å². The van der Waals surface area contributed by atoms with Crippen LogP contribution in [0.3, 0.4) is 0 Å². The van der Waals surface area contributed by atoms with E-state index in [4.69, 9.17) is 10.4 Å². The molecule has 2 amide bonds. The zero-order valence-corrected chi connectivity index (χ0v) is 13.8. The van der Waals surface area contributed by atoms with Gasteiger partial charge in [-0.05, 0) is 17.7 Å². The number of hydrogen-bond donors (Lipinski definition) is 2. The van der Waals surface area contributed by atoms with E-state index < -0.39 is 12.0 Å². The molecule has 1 heterocycles. The van der Waals surface area contributed by atoms with Gasteiger partial charge in [-0.1, -0.05) is 12.1 Å². The first-order chi connectivity index (χ1) is 11.5. The molecule has 0 saturated carbocycles. The van der Waals surface area contributed by atoms with Crippen LogP contribution in [0.4, 0.5) is 9.93 Å². The van der Waals surface area contributed by atoms with Crippen molar-refractivity contribution in [1.29, 1.82) is 5.26 Å². The summed E-state index contributed by atoms with van der Waals surface area (Å²) in [6.45, 7) is 0.130. The summed E-state index contributed by atoms with van der Waals surface area (Å²) in [6, 6.07) is 8.97. The van der Waals surface area contributed by atoms with Gasteiger partial charge in [0.25, 0.3) is 0 Å². The number of carbonyl (C=O) groups is 2. The van der Waals surface area contributed by atoms with Gasteiger partial charge in [0.1, 0.15) is 0 Å². The fourth-order valence-electron chi connectivity index (χ4n) is 1.90. The highest BCUT2D eigenvalue weighted by molar-refractivity contribution is 7.15. The van der Waals surface area contributed by atoms with E-state index in [-0.39, 0.29) is 13.0 Å². The van der Waals surface area contributed by atoms with Gasteiger partial charge in [-0.3, -0.25) is 10.1 Å². The standard InChI is InChI=1S/C16H16N4O3S/c1-20(7-6-14(21)22)16(23)19-15-18-10-13(24-15)8-11-2-4-12(9-17)5-3-11/h2-5,10H,6-8H2,1H3,(H,21,22)(H,18,19,23). The highest BCUT2D eigenvalue weighted by atomic mass is 32.1. The number of urea groups is 1. The van der Waals surface area contributed by atoms with Crippen LogP contribution in [-0.2, 0) is 11.2 Å². The van der Waals surface area contributed by atoms with E-state index in [2.05, 4.69) is 16.4 Å². The molecule has 0 aliphatic heterocycles. The van der Waals surface area contributed by atoms with Crippen LogP contribution in [-0.4, -0.2) is 40.6 Å². The van der Waals surface area contributed by atoms with E-state index in [1.807, 2.05) is 12.1 Å². The molecule has 0 radical (unpaired) electrons. The molecule has 124 valence electrons. The third-order valence-corrected chi connectivity index (χ3v) is 4.15. The molecule has 2 aromatic rings. The molecule has 7 nitrogen and oxygen atoms in total. The Bertz CT molecular complexity index is 764. The number of carboxylic acids is 1. The SMILES string of the molecule is CN(CCC(=O)O)C(=O)Nc1ncc(Cc2ccc(C#N)cc2)s1. The van der Waals surface area contributed by atoms with Crippen molar-refractivity contribution in [2.45, 2.75) is 12.8 Å². The number of nitrogens with one attached hydrogen (secondary N) is 1. The number of rotatable bonds is 6. The first kappa shape index (κ1) is 17.4. The van der Waals surface area contributed by atoms with Gasteiger partial charge in [-0.25, -0.2) is 9.78 Å². The quantitative estimate of drug-likeness (QED) is 0.837. The fourth-order valence-corrected chi connectivity index (χ4v) is 2.73. The van der Waals surface area contributed by atoms with Crippen molar-refractivity contribution >= 4 is 28.5 Å². The molecule has 0 atom stereocenters. The average molecular weight is 344 g/mol. The number of carbonyl (C=O) groups excluding carboxylic acids is 1. The Morgan fingerprint density at radius 2 is 2.08 bits per heavy atom. The number of anilines is 1. The normalized spacial score (nSPS) is 10.0. The number of benzene rings is 1. The number of hydrogen-bond acceptors (Lipinski definition) is 5. The number of amides is 2. The van der Waals surface area contributed by atoms with E-state index in [0.717, 1.165) is 10.4 Å². The van der Waals surface area contributed by atoms with Crippen LogP contribution in [0.2, 0.25) is 0 Å². The van der Waals surface area contributed by atoms with Crippen LogP contribution < -0.4 is 5.32 Å². The lowest BCUT2D eigenvalue weighted by molar-refractivity contribution is -0.137. The summed E-state index contributed by atoms with van der Waals surface area (Å²) in [4.78, 5) is 28.9.